The summed E-state index contributed by atoms with van der Waals surface area (Å²) in [5.74, 6) is -1.02. The number of benzene rings is 1. The van der Waals surface area contributed by atoms with Gasteiger partial charge in [-0.05, 0) is 99.6 Å². The maximum Gasteiger partial charge on any atom is 0.317 e. The van der Waals surface area contributed by atoms with Crippen LogP contribution in [0.25, 0.3) is 0 Å². The number of nitrogens with zero attached hydrogens (tertiary/aromatic N) is 3. The Morgan fingerprint density at radius 1 is 0.923 bits per heavy atom. The standard InChI is InChI=1S/C40H62FN5O6/c1-5-35-14-15-36(6-2)44-40(43-35)33-21-31(22-34(41)24-33)25-42-37(48)26-45-17-8-11-30(23-38(49)50)10-7-9-28(3)32(13-12-29(4)47)16-18-46(20-19-45)27-39(51)52/h14-15,21-22,24,28,30,32,35-36,47H,4-13,16-20,23,25-27H2,1-3H3,(H,42,48)(H,43,44)(H,49,50)(H,51,52). The number of carboxylic acids is 2. The second-order valence-corrected chi connectivity index (χ2v) is 14.7. The summed E-state index contributed by atoms with van der Waals surface area (Å²) in [6.07, 6.45) is 12.0. The molecule has 12 heteroatoms. The quantitative estimate of drug-likeness (QED) is 0.112. The van der Waals surface area contributed by atoms with Crippen LogP contribution in [0.1, 0.15) is 103 Å². The van der Waals surface area contributed by atoms with Crippen LogP contribution in [0, 0.1) is 23.6 Å². The minimum Gasteiger partial charge on any atom is -0.513 e. The lowest BCUT2D eigenvalue weighted by Gasteiger charge is -2.29. The summed E-state index contributed by atoms with van der Waals surface area (Å²) in [6, 6.07) is 4.79. The average molecular weight is 728 g/mol. The van der Waals surface area contributed by atoms with Crippen molar-refractivity contribution in [2.75, 3.05) is 39.3 Å². The maximum absolute atomic E-state index is 14.9. The molecule has 0 aromatic heterocycles. The smallest absolute Gasteiger partial charge is 0.317 e. The number of hydrogen-bond acceptors (Lipinski definition) is 8. The number of carbonyl (C=O) groups is 3. The maximum atomic E-state index is 14.9. The number of amides is 1. The number of aliphatic hydroxyl groups excluding tert-OH is 1. The summed E-state index contributed by atoms with van der Waals surface area (Å²) in [5.41, 5.74) is 1.24. The van der Waals surface area contributed by atoms with Crippen molar-refractivity contribution in [3.8, 4) is 0 Å². The number of halogens is 1. The van der Waals surface area contributed by atoms with E-state index in [1.807, 2.05) is 15.9 Å². The van der Waals surface area contributed by atoms with Gasteiger partial charge >= 0.3 is 11.9 Å². The monoisotopic (exact) mass is 727 g/mol. The number of carbonyl (C=O) groups excluding carboxylic acids is 1. The molecule has 290 valence electrons. The van der Waals surface area contributed by atoms with E-state index < -0.39 is 17.8 Å². The molecule has 0 spiro atoms. The number of carboxylic acid groups (broad SMARTS) is 2. The van der Waals surface area contributed by atoms with Crippen molar-refractivity contribution in [3.63, 3.8) is 0 Å². The van der Waals surface area contributed by atoms with Crippen LogP contribution >= 0.6 is 0 Å². The number of amidine groups is 1. The molecular formula is C40H62FN5O6. The van der Waals surface area contributed by atoms with Crippen LogP contribution in [0.4, 0.5) is 4.39 Å². The number of aliphatic hydroxyl groups is 1. The van der Waals surface area contributed by atoms with Gasteiger partial charge in [-0.2, -0.15) is 0 Å². The normalized spacial score (nSPS) is 24.4. The summed E-state index contributed by atoms with van der Waals surface area (Å²) in [5, 5.41) is 35.4. The van der Waals surface area contributed by atoms with E-state index in [0.717, 1.165) is 44.9 Å². The highest BCUT2D eigenvalue weighted by molar-refractivity contribution is 5.99. The Morgan fingerprint density at radius 3 is 2.33 bits per heavy atom. The lowest BCUT2D eigenvalue weighted by molar-refractivity contribution is -0.139. The molecule has 1 aromatic rings. The summed E-state index contributed by atoms with van der Waals surface area (Å²) in [6.45, 7) is 12.1. The lowest BCUT2D eigenvalue weighted by Crippen LogP contribution is -2.43. The molecule has 11 nitrogen and oxygen atoms in total. The van der Waals surface area contributed by atoms with E-state index in [0.29, 0.717) is 68.3 Å². The topological polar surface area (TPSA) is 155 Å². The highest BCUT2D eigenvalue weighted by atomic mass is 19.1. The van der Waals surface area contributed by atoms with Gasteiger partial charge < -0.3 is 26.0 Å². The van der Waals surface area contributed by atoms with Crippen molar-refractivity contribution in [2.45, 2.75) is 110 Å². The van der Waals surface area contributed by atoms with E-state index in [-0.39, 0.29) is 61.6 Å². The summed E-state index contributed by atoms with van der Waals surface area (Å²) >= 11 is 0. The first-order chi connectivity index (χ1) is 24.8. The molecule has 1 amide bonds. The number of allylic oxidation sites excluding steroid dienone is 1. The first-order valence-electron chi connectivity index (χ1n) is 19.2. The van der Waals surface area contributed by atoms with E-state index in [2.05, 4.69) is 50.1 Å². The van der Waals surface area contributed by atoms with Crippen molar-refractivity contribution < 1.29 is 34.1 Å². The summed E-state index contributed by atoms with van der Waals surface area (Å²) in [4.78, 5) is 45.6. The van der Waals surface area contributed by atoms with E-state index in [1.165, 1.54) is 12.1 Å². The third kappa shape index (κ3) is 15.9. The number of aliphatic imine (C=N–C) groups is 1. The molecule has 0 radical (unpaired) electrons. The van der Waals surface area contributed by atoms with Gasteiger partial charge in [0.05, 0.1) is 24.9 Å². The molecule has 1 fully saturated rings. The number of aliphatic carboxylic acids is 2. The van der Waals surface area contributed by atoms with E-state index in [1.54, 1.807) is 0 Å². The van der Waals surface area contributed by atoms with Crippen LogP contribution < -0.4 is 10.6 Å². The Bertz CT molecular complexity index is 1390. The van der Waals surface area contributed by atoms with Gasteiger partial charge in [0.1, 0.15) is 11.7 Å². The Kier molecular flexibility index (Phi) is 18.3. The molecule has 0 bridgehead atoms. The number of rotatable bonds is 14. The fourth-order valence-electron chi connectivity index (χ4n) is 7.30. The van der Waals surface area contributed by atoms with Gasteiger partial charge in [0.25, 0.3) is 0 Å². The van der Waals surface area contributed by atoms with Crippen molar-refractivity contribution >= 4 is 23.7 Å². The van der Waals surface area contributed by atoms with Crippen LogP contribution in [0.2, 0.25) is 0 Å². The van der Waals surface area contributed by atoms with Gasteiger partial charge in [-0.3, -0.25) is 29.2 Å². The SMILES string of the molecule is C=C(O)CCC1CCN(CC(=O)O)CCN(CC(=O)NCc2cc(F)cc(C3=NC(CC)C=CC(CC)N3)c2)CCCC(CC(=O)O)CCCC1C. The molecule has 1 saturated heterocycles. The molecule has 2 aliphatic rings. The molecule has 2 aliphatic heterocycles. The zero-order valence-electron chi connectivity index (χ0n) is 31.5. The molecule has 5 N–H and O–H groups in total. The van der Waals surface area contributed by atoms with Crippen molar-refractivity contribution in [1.82, 2.24) is 20.4 Å². The second-order valence-electron chi connectivity index (χ2n) is 14.7. The summed E-state index contributed by atoms with van der Waals surface area (Å²) in [7, 11) is 0. The van der Waals surface area contributed by atoms with Gasteiger partial charge in [-0.15, -0.1) is 0 Å². The molecule has 5 atom stereocenters. The molecule has 3 rings (SSSR count). The highest BCUT2D eigenvalue weighted by Crippen LogP contribution is 2.29. The van der Waals surface area contributed by atoms with Crippen LogP contribution in [-0.2, 0) is 20.9 Å². The third-order valence-corrected chi connectivity index (χ3v) is 10.5. The minimum atomic E-state index is -0.918. The van der Waals surface area contributed by atoms with Crippen molar-refractivity contribution in [1.29, 1.82) is 0 Å². The van der Waals surface area contributed by atoms with Crippen LogP contribution in [-0.4, -0.2) is 100 Å². The van der Waals surface area contributed by atoms with Crippen LogP contribution in [0.5, 0.6) is 0 Å². The number of nitrogens with one attached hydrogen (secondary N) is 2. The first-order valence-corrected chi connectivity index (χ1v) is 19.2. The number of hydrogen-bond donors (Lipinski definition) is 5. The fraction of sp³-hybridized carbons (Fsp3) is 0.650. The van der Waals surface area contributed by atoms with Crippen LogP contribution in [0.3, 0.4) is 0 Å². The molecule has 2 heterocycles. The zero-order chi connectivity index (χ0) is 38.0. The van der Waals surface area contributed by atoms with Crippen LogP contribution in [0.15, 0.2) is 47.7 Å². The Hall–Kier alpha value is -3.77. The predicted molar refractivity (Wildman–Crippen MR) is 203 cm³/mol. The lowest BCUT2D eigenvalue weighted by atomic mass is 9.82. The average Bonchev–Trinajstić information content (AvgIpc) is 3.30. The molecular weight excluding hydrogens is 665 g/mol. The Balaban J connectivity index is 1.73. The van der Waals surface area contributed by atoms with Crippen molar-refractivity contribution in [2.24, 2.45) is 22.7 Å². The van der Waals surface area contributed by atoms with E-state index in [4.69, 9.17) is 4.99 Å². The molecule has 52 heavy (non-hydrogen) atoms. The van der Waals surface area contributed by atoms with Crippen molar-refractivity contribution in [3.05, 3.63) is 59.6 Å². The Labute approximate surface area is 309 Å². The zero-order valence-corrected chi connectivity index (χ0v) is 31.5. The fourth-order valence-corrected chi connectivity index (χ4v) is 7.30. The highest BCUT2D eigenvalue weighted by Gasteiger charge is 2.23. The van der Waals surface area contributed by atoms with E-state index in [9.17, 15) is 34.1 Å². The first kappa shape index (κ1) is 42.6. The Morgan fingerprint density at radius 2 is 1.65 bits per heavy atom. The second kappa shape index (κ2) is 22.3. The molecule has 1 aromatic carbocycles. The van der Waals surface area contributed by atoms with E-state index >= 15 is 0 Å². The van der Waals surface area contributed by atoms with Gasteiger partial charge in [-0.1, -0.05) is 52.3 Å². The van der Waals surface area contributed by atoms with Gasteiger partial charge in [0.15, 0.2) is 0 Å². The molecule has 0 saturated carbocycles. The predicted octanol–water partition coefficient (Wildman–Crippen LogP) is 6.14. The van der Waals surface area contributed by atoms with Gasteiger partial charge in [0.2, 0.25) is 5.91 Å². The van der Waals surface area contributed by atoms with Gasteiger partial charge in [0, 0.05) is 44.1 Å². The third-order valence-electron chi connectivity index (χ3n) is 10.5. The summed E-state index contributed by atoms with van der Waals surface area (Å²) < 4.78 is 14.9. The molecule has 0 aliphatic carbocycles. The van der Waals surface area contributed by atoms with Gasteiger partial charge in [-0.25, -0.2) is 4.39 Å². The molecule has 5 unspecified atom stereocenters. The largest absolute Gasteiger partial charge is 0.513 e. The minimum absolute atomic E-state index is 0.00807.